The Morgan fingerprint density at radius 3 is 2.35 bits per heavy atom. The van der Waals surface area contributed by atoms with Crippen LogP contribution in [0.3, 0.4) is 0 Å². The second-order valence-corrected chi connectivity index (χ2v) is 7.08. The van der Waals surface area contributed by atoms with Gasteiger partial charge >= 0.3 is 0 Å². The van der Waals surface area contributed by atoms with Gasteiger partial charge in [-0.1, -0.05) is 91.0 Å². The Bertz CT molecular complexity index is 1190. The second-order valence-electron chi connectivity index (χ2n) is 6.22. The predicted molar refractivity (Wildman–Crippen MR) is 117 cm³/mol. The van der Waals surface area contributed by atoms with Crippen LogP contribution in [0, 0.1) is 0 Å². The molecule has 26 heavy (non-hydrogen) atoms. The van der Waals surface area contributed by atoms with Gasteiger partial charge in [-0.05, 0) is 51.0 Å². The van der Waals surface area contributed by atoms with Crippen molar-refractivity contribution in [3.05, 3.63) is 96.0 Å². The lowest BCUT2D eigenvalue weighted by Gasteiger charge is -2.17. The van der Waals surface area contributed by atoms with E-state index in [1.807, 2.05) is 36.4 Å². The van der Waals surface area contributed by atoms with Crippen molar-refractivity contribution >= 4 is 55.9 Å². The molecule has 0 heterocycles. The molecule has 0 saturated carbocycles. The molecule has 0 saturated heterocycles. The molecule has 0 unspecified atom stereocenters. The van der Waals surface area contributed by atoms with Gasteiger partial charge in [0.05, 0.1) is 0 Å². The minimum absolute atomic E-state index is 0.476. The van der Waals surface area contributed by atoms with Crippen molar-refractivity contribution in [2.45, 2.75) is 0 Å². The molecular formula is C24H16Cl2. The summed E-state index contributed by atoms with van der Waals surface area (Å²) in [6.07, 6.45) is 1.84. The summed E-state index contributed by atoms with van der Waals surface area (Å²) in [4.78, 5) is 0. The first kappa shape index (κ1) is 16.9. The van der Waals surface area contributed by atoms with E-state index in [4.69, 9.17) is 23.2 Å². The lowest BCUT2D eigenvalue weighted by Crippen LogP contribution is -1.93. The van der Waals surface area contributed by atoms with Gasteiger partial charge in [0.15, 0.2) is 0 Å². The first-order chi connectivity index (χ1) is 12.6. The average molecular weight is 375 g/mol. The topological polar surface area (TPSA) is 0 Å². The first-order valence-corrected chi connectivity index (χ1v) is 9.07. The third kappa shape index (κ3) is 2.72. The van der Waals surface area contributed by atoms with Gasteiger partial charge in [0.1, 0.15) is 0 Å². The average Bonchev–Trinajstić information content (AvgIpc) is 2.66. The van der Waals surface area contributed by atoms with Gasteiger partial charge in [0.2, 0.25) is 0 Å². The monoisotopic (exact) mass is 374 g/mol. The van der Waals surface area contributed by atoms with Gasteiger partial charge in [-0.15, -0.1) is 0 Å². The van der Waals surface area contributed by atoms with Crippen molar-refractivity contribution in [1.29, 1.82) is 0 Å². The van der Waals surface area contributed by atoms with E-state index in [0.717, 1.165) is 33.0 Å². The summed E-state index contributed by atoms with van der Waals surface area (Å²) >= 11 is 12.8. The van der Waals surface area contributed by atoms with Crippen molar-refractivity contribution in [2.24, 2.45) is 0 Å². The van der Waals surface area contributed by atoms with Gasteiger partial charge < -0.3 is 0 Å². The van der Waals surface area contributed by atoms with Gasteiger partial charge in [0, 0.05) is 21.0 Å². The smallest absolute Gasteiger partial charge is 0.0484 e. The maximum Gasteiger partial charge on any atom is 0.0484 e. The van der Waals surface area contributed by atoms with Crippen LogP contribution < -0.4 is 0 Å². The SMILES string of the molecule is C=Cc1c(C(=C)Cl)cc2c(Cl)cccc2c1-c1ccc2ccccc2c1. The molecule has 2 heteroatoms. The highest BCUT2D eigenvalue weighted by atomic mass is 35.5. The zero-order valence-corrected chi connectivity index (χ0v) is 15.6. The summed E-state index contributed by atoms with van der Waals surface area (Å²) in [7, 11) is 0. The second kappa shape index (κ2) is 6.64. The highest BCUT2D eigenvalue weighted by molar-refractivity contribution is 6.49. The summed E-state index contributed by atoms with van der Waals surface area (Å²) in [6.45, 7) is 7.95. The summed E-state index contributed by atoms with van der Waals surface area (Å²) in [6, 6.07) is 22.7. The Kier molecular flexibility index (Phi) is 4.32. The van der Waals surface area contributed by atoms with Crippen LogP contribution in [0.5, 0.6) is 0 Å². The van der Waals surface area contributed by atoms with Crippen molar-refractivity contribution in [2.75, 3.05) is 0 Å². The van der Waals surface area contributed by atoms with E-state index in [-0.39, 0.29) is 0 Å². The van der Waals surface area contributed by atoms with E-state index in [1.165, 1.54) is 10.8 Å². The molecular weight excluding hydrogens is 359 g/mol. The quantitative estimate of drug-likeness (QED) is 0.339. The Balaban J connectivity index is 2.16. The molecule has 0 bridgehead atoms. The third-order valence-corrected chi connectivity index (χ3v) is 5.24. The van der Waals surface area contributed by atoms with Crippen LogP contribution in [0.2, 0.25) is 5.02 Å². The van der Waals surface area contributed by atoms with Crippen LogP contribution in [0.15, 0.2) is 79.9 Å². The van der Waals surface area contributed by atoms with Crippen LogP contribution in [-0.4, -0.2) is 0 Å². The summed E-state index contributed by atoms with van der Waals surface area (Å²) in [5, 5.41) is 5.59. The molecule has 0 spiro atoms. The number of fused-ring (bicyclic) bond motifs is 2. The number of rotatable bonds is 3. The number of hydrogen-bond donors (Lipinski definition) is 0. The number of halogens is 2. The van der Waals surface area contributed by atoms with Crippen molar-refractivity contribution in [3.8, 4) is 11.1 Å². The van der Waals surface area contributed by atoms with Crippen LogP contribution in [0.25, 0.3) is 43.8 Å². The van der Waals surface area contributed by atoms with Gasteiger partial charge in [-0.2, -0.15) is 0 Å². The van der Waals surface area contributed by atoms with Crippen molar-refractivity contribution in [3.63, 3.8) is 0 Å². The van der Waals surface area contributed by atoms with Crippen molar-refractivity contribution < 1.29 is 0 Å². The molecule has 4 aromatic carbocycles. The van der Waals surface area contributed by atoms with Gasteiger partial charge in [-0.3, -0.25) is 0 Å². The summed E-state index contributed by atoms with van der Waals surface area (Å²) in [5.74, 6) is 0. The predicted octanol–water partition coefficient (Wildman–Crippen LogP) is 8.17. The Morgan fingerprint density at radius 2 is 1.62 bits per heavy atom. The van der Waals surface area contributed by atoms with Crippen LogP contribution in [-0.2, 0) is 0 Å². The fourth-order valence-electron chi connectivity index (χ4n) is 3.50. The zero-order valence-electron chi connectivity index (χ0n) is 14.1. The van der Waals surface area contributed by atoms with E-state index in [1.54, 1.807) is 0 Å². The minimum atomic E-state index is 0.476. The molecule has 0 fully saturated rings. The van der Waals surface area contributed by atoms with E-state index < -0.39 is 0 Å². The Morgan fingerprint density at radius 1 is 0.846 bits per heavy atom. The first-order valence-electron chi connectivity index (χ1n) is 8.32. The van der Waals surface area contributed by atoms with Crippen LogP contribution in [0.4, 0.5) is 0 Å². The van der Waals surface area contributed by atoms with E-state index in [0.29, 0.717) is 10.1 Å². The number of benzene rings is 4. The maximum atomic E-state index is 6.49. The van der Waals surface area contributed by atoms with Crippen molar-refractivity contribution in [1.82, 2.24) is 0 Å². The lowest BCUT2D eigenvalue weighted by atomic mass is 9.88. The van der Waals surface area contributed by atoms with Gasteiger partial charge in [-0.25, -0.2) is 0 Å². The molecule has 0 amide bonds. The lowest BCUT2D eigenvalue weighted by molar-refractivity contribution is 1.62. The Labute approximate surface area is 163 Å². The fraction of sp³-hybridized carbons (Fsp3) is 0. The van der Waals surface area contributed by atoms with Crippen LogP contribution in [0.1, 0.15) is 11.1 Å². The highest BCUT2D eigenvalue weighted by Gasteiger charge is 2.16. The van der Waals surface area contributed by atoms with E-state index in [2.05, 4.69) is 49.6 Å². The zero-order chi connectivity index (χ0) is 18.3. The molecule has 0 atom stereocenters. The summed E-state index contributed by atoms with van der Waals surface area (Å²) in [5.41, 5.74) is 3.99. The Hall–Kier alpha value is -2.54. The van der Waals surface area contributed by atoms with E-state index >= 15 is 0 Å². The molecule has 126 valence electrons. The molecule has 0 aromatic heterocycles. The maximum absolute atomic E-state index is 6.49. The molecule has 4 rings (SSSR count). The molecule has 4 aromatic rings. The minimum Gasteiger partial charge on any atom is -0.0984 e. The standard InChI is InChI=1S/C24H16Cl2/c1-3-19-21(15(2)25)14-22-20(9-6-10-23(22)26)24(19)18-12-11-16-7-4-5-8-17(16)13-18/h3-14H,1-2H2. The number of hydrogen-bond acceptors (Lipinski definition) is 0. The largest absolute Gasteiger partial charge is 0.0984 e. The molecule has 0 nitrogen and oxygen atoms in total. The van der Waals surface area contributed by atoms with Crippen LogP contribution >= 0.6 is 23.2 Å². The normalized spacial score (nSPS) is 11.0. The summed E-state index contributed by atoms with van der Waals surface area (Å²) < 4.78 is 0. The molecule has 0 radical (unpaired) electrons. The molecule has 0 N–H and O–H groups in total. The van der Waals surface area contributed by atoms with Gasteiger partial charge in [0.25, 0.3) is 0 Å². The van der Waals surface area contributed by atoms with E-state index in [9.17, 15) is 0 Å². The molecule has 0 aliphatic rings. The molecule has 0 aliphatic heterocycles. The third-order valence-electron chi connectivity index (χ3n) is 4.70. The highest BCUT2D eigenvalue weighted by Crippen LogP contribution is 2.41. The fourth-order valence-corrected chi connectivity index (χ4v) is 3.88. The molecule has 0 aliphatic carbocycles.